The maximum Gasteiger partial charge on any atom is 0.416 e. The van der Waals surface area contributed by atoms with Crippen molar-refractivity contribution in [1.82, 2.24) is 4.31 Å². The topological polar surface area (TPSA) is 129 Å². The van der Waals surface area contributed by atoms with Crippen LogP contribution in [0.15, 0.2) is 64.6 Å². The second kappa shape index (κ2) is 12.2. The van der Waals surface area contributed by atoms with Gasteiger partial charge in [0.15, 0.2) is 5.71 Å². The fraction of sp³-hybridized carbons (Fsp3) is 0.481. The Morgan fingerprint density at radius 3 is 2.40 bits per heavy atom. The van der Waals surface area contributed by atoms with Crippen LogP contribution in [-0.2, 0) is 37.2 Å². The first-order valence-electron chi connectivity index (χ1n) is 12.9. The molecule has 2 aromatic rings. The van der Waals surface area contributed by atoms with Crippen LogP contribution in [0.2, 0.25) is 0 Å². The molecular formula is C27H31F3N3O6S-. The zero-order valence-electron chi connectivity index (χ0n) is 21.6. The van der Waals surface area contributed by atoms with E-state index < -0.39 is 38.2 Å². The molecule has 1 saturated heterocycles. The lowest BCUT2D eigenvalue weighted by Gasteiger charge is -2.36. The lowest BCUT2D eigenvalue weighted by molar-refractivity contribution is -0.137. The van der Waals surface area contributed by atoms with Crippen LogP contribution in [-0.4, -0.2) is 60.3 Å². The summed E-state index contributed by atoms with van der Waals surface area (Å²) >= 11 is 0. The first-order valence-corrected chi connectivity index (χ1v) is 14.4. The molecule has 2 aromatic carbocycles. The highest BCUT2D eigenvalue weighted by Crippen LogP contribution is 2.37. The van der Waals surface area contributed by atoms with Gasteiger partial charge in [-0.05, 0) is 30.2 Å². The van der Waals surface area contributed by atoms with Gasteiger partial charge in [0.05, 0.1) is 17.1 Å². The predicted molar refractivity (Wildman–Crippen MR) is 140 cm³/mol. The Balaban J connectivity index is 0.000000222. The molecule has 2 aliphatic heterocycles. The normalized spacial score (nSPS) is 22.8. The number of carbonyl (C=O) groups is 1. The van der Waals surface area contributed by atoms with E-state index in [0.717, 1.165) is 41.8 Å². The molecule has 218 valence electrons. The summed E-state index contributed by atoms with van der Waals surface area (Å²) in [6, 6.07) is 13.8. The summed E-state index contributed by atoms with van der Waals surface area (Å²) < 4.78 is 70.5. The Kier molecular flexibility index (Phi) is 9.18. The fourth-order valence-corrected chi connectivity index (χ4v) is 6.41. The highest BCUT2D eigenvalue weighted by molar-refractivity contribution is 7.89. The number of nitrogens with zero attached hydrogens (tertiary/aromatic N) is 2. The number of hydrogen-bond acceptors (Lipinski definition) is 6. The number of alkyl halides is 3. The smallest absolute Gasteiger partial charge is 0.416 e. The number of piperidine rings is 1. The van der Waals surface area contributed by atoms with Gasteiger partial charge >= 0.3 is 12.1 Å². The van der Waals surface area contributed by atoms with Gasteiger partial charge in [0.1, 0.15) is 5.60 Å². The summed E-state index contributed by atoms with van der Waals surface area (Å²) in [7, 11) is -4.10. The molecular weight excluding hydrogens is 551 g/mol. The van der Waals surface area contributed by atoms with Crippen molar-refractivity contribution in [1.29, 1.82) is 0 Å². The minimum atomic E-state index is -4.64. The molecule has 40 heavy (non-hydrogen) atoms. The summed E-state index contributed by atoms with van der Waals surface area (Å²) in [6.45, 7) is 0.656. The Hall–Kier alpha value is -3.00. The first kappa shape index (κ1) is 30.0. The molecule has 2 unspecified atom stereocenters. The summed E-state index contributed by atoms with van der Waals surface area (Å²) in [5, 5.41) is 12.5. The van der Waals surface area contributed by atoms with E-state index >= 15 is 0 Å². The van der Waals surface area contributed by atoms with E-state index in [1.54, 1.807) is 0 Å². The molecule has 3 aliphatic rings. The number of sulfonamides is 1. The van der Waals surface area contributed by atoms with Crippen LogP contribution in [0.5, 0.6) is 0 Å². The number of hydrogen-bond donors (Lipinski definition) is 1. The second-order valence-corrected chi connectivity index (χ2v) is 12.0. The summed E-state index contributed by atoms with van der Waals surface area (Å²) in [5.41, 5.74) is 6.90. The molecule has 0 bridgehead atoms. The van der Waals surface area contributed by atoms with Gasteiger partial charge in [-0.15, -0.1) is 6.04 Å². The Morgan fingerprint density at radius 2 is 1.82 bits per heavy atom. The third kappa shape index (κ3) is 7.19. The zero-order chi connectivity index (χ0) is 29.0. The molecule has 2 N–H and O–H groups in total. The average molecular weight is 583 g/mol. The van der Waals surface area contributed by atoms with E-state index in [0.29, 0.717) is 12.7 Å². The lowest BCUT2D eigenvalue weighted by Crippen LogP contribution is -2.47. The number of oxime groups is 1. The van der Waals surface area contributed by atoms with Crippen molar-refractivity contribution in [3.63, 3.8) is 0 Å². The van der Waals surface area contributed by atoms with Gasteiger partial charge in [-0.25, -0.2) is 13.2 Å². The molecule has 1 aliphatic carbocycles. The number of aliphatic carboxylic acids is 1. The third-order valence-electron chi connectivity index (χ3n) is 7.28. The number of benzene rings is 2. The molecule has 13 heteroatoms. The lowest BCUT2D eigenvalue weighted by atomic mass is 9.88. The van der Waals surface area contributed by atoms with Crippen molar-refractivity contribution in [3.8, 4) is 0 Å². The zero-order valence-corrected chi connectivity index (χ0v) is 22.5. The predicted octanol–water partition coefficient (Wildman–Crippen LogP) is 5.27. The monoisotopic (exact) mass is 582 g/mol. The Morgan fingerprint density at radius 1 is 1.12 bits per heavy atom. The molecule has 0 aromatic heterocycles. The molecule has 5 rings (SSSR count). The second-order valence-electron chi connectivity index (χ2n) is 10.1. The molecule has 1 spiro atoms. The van der Waals surface area contributed by atoms with Crippen LogP contribution in [0.1, 0.15) is 49.7 Å². The molecule has 0 amide bonds. The average Bonchev–Trinajstić information content (AvgIpc) is 3.54. The summed E-state index contributed by atoms with van der Waals surface area (Å²) in [5.74, 6) is -1.19. The van der Waals surface area contributed by atoms with Crippen molar-refractivity contribution in [2.75, 3.05) is 13.1 Å². The van der Waals surface area contributed by atoms with E-state index in [4.69, 9.17) is 20.4 Å². The van der Waals surface area contributed by atoms with E-state index in [-0.39, 0.29) is 50.2 Å². The maximum atomic E-state index is 12.8. The fourth-order valence-electron chi connectivity index (χ4n) is 4.92. The van der Waals surface area contributed by atoms with Crippen molar-refractivity contribution < 1.29 is 41.1 Å². The van der Waals surface area contributed by atoms with Gasteiger partial charge in [-0.1, -0.05) is 54.4 Å². The first-order chi connectivity index (χ1) is 18.9. The van der Waals surface area contributed by atoms with Gasteiger partial charge in [-0.2, -0.15) is 17.5 Å². The van der Waals surface area contributed by atoms with E-state index in [2.05, 4.69) is 17.3 Å². The highest BCUT2D eigenvalue weighted by atomic mass is 32.2. The minimum absolute atomic E-state index is 0.000990. The van der Waals surface area contributed by atoms with Gasteiger partial charge in [-0.3, -0.25) is 0 Å². The molecule has 9 nitrogen and oxygen atoms in total. The van der Waals surface area contributed by atoms with Crippen LogP contribution in [0.3, 0.4) is 0 Å². The van der Waals surface area contributed by atoms with E-state index in [1.165, 1.54) is 5.56 Å². The highest BCUT2D eigenvalue weighted by Gasteiger charge is 2.46. The number of carboxylic acid groups (broad SMARTS) is 1. The van der Waals surface area contributed by atoms with Crippen molar-refractivity contribution >= 4 is 21.7 Å². The largest absolute Gasteiger partial charge is 0.673 e. The van der Waals surface area contributed by atoms with Crippen LogP contribution in [0, 0.1) is 0 Å². The van der Waals surface area contributed by atoms with Crippen molar-refractivity contribution in [2.45, 2.75) is 74.0 Å². The quantitative estimate of drug-likeness (QED) is 0.494. The van der Waals surface area contributed by atoms with Gasteiger partial charge in [0, 0.05) is 38.5 Å². The van der Waals surface area contributed by atoms with Gasteiger partial charge in [0.2, 0.25) is 10.0 Å². The maximum absolute atomic E-state index is 12.8. The standard InChI is InChI=1S/C15H15F3N2O5S.C12H16NO/c16-15(17,18)10-2-1-3-11(8-10)26(23,24)20-6-4-14(5-7-20)9-12(13(21)22)19-25-14;13-11-7-4-8-12(11)14-9-10-5-2-1-3-6-10/h1-3,8H,4-7,9H2,(H,21,22);1-3,5-6,11-13H,4,7-9H2/q;-1. The van der Waals surface area contributed by atoms with Crippen molar-refractivity contribution in [2.24, 2.45) is 5.16 Å². The Bertz CT molecular complexity index is 1310. The number of rotatable bonds is 6. The summed E-state index contributed by atoms with van der Waals surface area (Å²) in [6.07, 6.45) is -0.805. The van der Waals surface area contributed by atoms with Crippen LogP contribution >= 0.6 is 0 Å². The van der Waals surface area contributed by atoms with Crippen LogP contribution in [0.25, 0.3) is 5.73 Å². The SMILES string of the molecule is O=C(O)C1=NOC2(CCN(S(=O)(=O)c3cccc(C(F)(F)F)c3)CC2)C1.[NH-]C1CCCC1OCc1ccccc1. The van der Waals surface area contributed by atoms with Gasteiger partial charge < -0.3 is 20.4 Å². The number of halogens is 3. The number of carboxylic acids is 1. The van der Waals surface area contributed by atoms with Crippen molar-refractivity contribution in [3.05, 3.63) is 71.5 Å². The Labute approximate surface area is 230 Å². The third-order valence-corrected chi connectivity index (χ3v) is 9.17. The van der Waals surface area contributed by atoms with Crippen LogP contribution in [0.4, 0.5) is 13.2 Å². The molecule has 1 saturated carbocycles. The number of ether oxygens (including phenoxy) is 1. The van der Waals surface area contributed by atoms with E-state index in [1.807, 2.05) is 18.2 Å². The minimum Gasteiger partial charge on any atom is -0.673 e. The molecule has 2 heterocycles. The van der Waals surface area contributed by atoms with Gasteiger partial charge in [0.25, 0.3) is 0 Å². The molecule has 2 atom stereocenters. The van der Waals surface area contributed by atoms with Crippen LogP contribution < -0.4 is 0 Å². The molecule has 0 radical (unpaired) electrons. The number of nitrogens with one attached hydrogen (secondary N) is 1. The van der Waals surface area contributed by atoms with E-state index in [9.17, 15) is 26.4 Å². The summed E-state index contributed by atoms with van der Waals surface area (Å²) in [4.78, 5) is 15.7. The molecule has 2 fully saturated rings.